The predicted octanol–water partition coefficient (Wildman–Crippen LogP) is 3.18. The fourth-order valence-corrected chi connectivity index (χ4v) is 3.27. The zero-order valence-corrected chi connectivity index (χ0v) is 14.1. The van der Waals surface area contributed by atoms with Crippen LogP contribution in [-0.4, -0.2) is 20.7 Å². The van der Waals surface area contributed by atoms with Crippen molar-refractivity contribution < 1.29 is 4.79 Å². The molecule has 6 heteroatoms. The van der Waals surface area contributed by atoms with E-state index < -0.39 is 0 Å². The highest BCUT2D eigenvalue weighted by Crippen LogP contribution is 2.18. The van der Waals surface area contributed by atoms with Crippen molar-refractivity contribution in [2.75, 3.05) is 0 Å². The summed E-state index contributed by atoms with van der Waals surface area (Å²) in [4.78, 5) is 17.8. The van der Waals surface area contributed by atoms with Gasteiger partial charge in [0, 0.05) is 11.1 Å². The third kappa shape index (κ3) is 3.17. The quantitative estimate of drug-likeness (QED) is 0.801. The molecule has 0 bridgehead atoms. The number of aromatic nitrogens is 3. The van der Waals surface area contributed by atoms with Crippen LogP contribution in [0.5, 0.6) is 0 Å². The van der Waals surface area contributed by atoms with Gasteiger partial charge in [0.05, 0.1) is 34.2 Å². The minimum atomic E-state index is -0.103. The van der Waals surface area contributed by atoms with Gasteiger partial charge in [0.2, 0.25) is 0 Å². The number of nitrogens with one attached hydrogen (secondary N) is 1. The maximum atomic E-state index is 12.5. The normalized spacial score (nSPS) is 10.7. The highest BCUT2D eigenvalue weighted by Gasteiger charge is 2.19. The molecular formula is C17H18N4OS. The maximum absolute atomic E-state index is 12.5. The first-order chi connectivity index (χ1) is 11.1. The molecule has 0 aliphatic heterocycles. The summed E-state index contributed by atoms with van der Waals surface area (Å²) >= 11 is 1.59. The van der Waals surface area contributed by atoms with E-state index in [9.17, 15) is 4.79 Å². The first-order valence-electron chi connectivity index (χ1n) is 7.37. The lowest BCUT2D eigenvalue weighted by Crippen LogP contribution is -2.23. The molecule has 0 atom stereocenters. The molecule has 0 spiro atoms. The molecule has 5 nitrogen and oxygen atoms in total. The highest BCUT2D eigenvalue weighted by molar-refractivity contribution is 7.11. The molecule has 1 N–H and O–H groups in total. The molecule has 23 heavy (non-hydrogen) atoms. The molecule has 0 aliphatic carbocycles. The van der Waals surface area contributed by atoms with Crippen LogP contribution in [0.15, 0.2) is 36.5 Å². The molecular weight excluding hydrogens is 308 g/mol. The van der Waals surface area contributed by atoms with Crippen molar-refractivity contribution in [1.29, 1.82) is 0 Å². The average Bonchev–Trinajstić information content (AvgIpc) is 3.09. The standard InChI is InChI=1S/C17H18N4OS/c1-11-16(17(22)19-10-15-9-18-13(3)23-15)12(2)21(20-11)14-7-5-4-6-8-14/h4-9H,10H2,1-3H3,(H,19,22). The van der Waals surface area contributed by atoms with E-state index >= 15 is 0 Å². The van der Waals surface area contributed by atoms with Crippen LogP contribution in [0.25, 0.3) is 5.69 Å². The van der Waals surface area contributed by atoms with Crippen LogP contribution in [0.2, 0.25) is 0 Å². The van der Waals surface area contributed by atoms with Crippen molar-refractivity contribution in [1.82, 2.24) is 20.1 Å². The van der Waals surface area contributed by atoms with Gasteiger partial charge >= 0.3 is 0 Å². The van der Waals surface area contributed by atoms with Crippen molar-refractivity contribution in [2.24, 2.45) is 0 Å². The number of rotatable bonds is 4. The van der Waals surface area contributed by atoms with Crippen LogP contribution in [0, 0.1) is 20.8 Å². The van der Waals surface area contributed by atoms with Crippen molar-refractivity contribution >= 4 is 17.2 Å². The number of nitrogens with zero attached hydrogens (tertiary/aromatic N) is 3. The van der Waals surface area contributed by atoms with E-state index in [1.54, 1.807) is 22.2 Å². The van der Waals surface area contributed by atoms with E-state index in [-0.39, 0.29) is 5.91 Å². The van der Waals surface area contributed by atoms with Gasteiger partial charge in [0.1, 0.15) is 0 Å². The van der Waals surface area contributed by atoms with Gasteiger partial charge in [-0.2, -0.15) is 5.10 Å². The molecule has 0 fully saturated rings. The number of hydrogen-bond donors (Lipinski definition) is 1. The molecule has 0 aliphatic rings. The number of benzene rings is 1. The Balaban J connectivity index is 1.82. The van der Waals surface area contributed by atoms with E-state index in [1.807, 2.05) is 51.1 Å². The van der Waals surface area contributed by atoms with E-state index in [1.165, 1.54) is 0 Å². The first-order valence-corrected chi connectivity index (χ1v) is 8.19. The molecule has 3 rings (SSSR count). The van der Waals surface area contributed by atoms with Crippen LogP contribution in [0.1, 0.15) is 31.6 Å². The summed E-state index contributed by atoms with van der Waals surface area (Å²) in [5, 5.41) is 8.46. The number of carbonyl (C=O) groups excluding carboxylic acids is 1. The van der Waals surface area contributed by atoms with Crippen molar-refractivity contribution in [3.8, 4) is 5.69 Å². The lowest BCUT2D eigenvalue weighted by Gasteiger charge is -2.06. The smallest absolute Gasteiger partial charge is 0.255 e. The van der Waals surface area contributed by atoms with Crippen LogP contribution < -0.4 is 5.32 Å². The summed E-state index contributed by atoms with van der Waals surface area (Å²) in [6, 6.07) is 9.82. The Bertz CT molecular complexity index is 836. The number of aryl methyl sites for hydroxylation is 2. The fourth-order valence-electron chi connectivity index (χ4n) is 2.53. The summed E-state index contributed by atoms with van der Waals surface area (Å²) < 4.78 is 1.81. The number of para-hydroxylation sites is 1. The van der Waals surface area contributed by atoms with Crippen molar-refractivity contribution in [3.05, 3.63) is 63.4 Å². The minimum absolute atomic E-state index is 0.103. The molecule has 3 aromatic rings. The molecule has 118 valence electrons. The predicted molar refractivity (Wildman–Crippen MR) is 91.1 cm³/mol. The van der Waals surface area contributed by atoms with Gasteiger partial charge in [-0.25, -0.2) is 9.67 Å². The van der Waals surface area contributed by atoms with Crippen LogP contribution in [-0.2, 0) is 6.54 Å². The van der Waals surface area contributed by atoms with E-state index in [2.05, 4.69) is 15.4 Å². The molecule has 2 heterocycles. The zero-order valence-electron chi connectivity index (χ0n) is 13.3. The third-order valence-corrected chi connectivity index (χ3v) is 4.52. The summed E-state index contributed by atoms with van der Waals surface area (Å²) in [5.41, 5.74) is 3.15. The second-order valence-corrected chi connectivity index (χ2v) is 6.64. The number of hydrogen-bond acceptors (Lipinski definition) is 4. The Kier molecular flexibility index (Phi) is 4.25. The number of thiazole rings is 1. The van der Waals surface area contributed by atoms with Gasteiger partial charge in [0.15, 0.2) is 0 Å². The summed E-state index contributed by atoms with van der Waals surface area (Å²) in [7, 11) is 0. The Morgan fingerprint density at radius 3 is 2.61 bits per heavy atom. The molecule has 1 aromatic carbocycles. The van der Waals surface area contributed by atoms with Crippen molar-refractivity contribution in [3.63, 3.8) is 0 Å². The van der Waals surface area contributed by atoms with Crippen molar-refractivity contribution in [2.45, 2.75) is 27.3 Å². The van der Waals surface area contributed by atoms with Gasteiger partial charge in [0.25, 0.3) is 5.91 Å². The largest absolute Gasteiger partial charge is 0.347 e. The SMILES string of the molecule is Cc1ncc(CNC(=O)c2c(C)nn(-c3ccccc3)c2C)s1. The van der Waals surface area contributed by atoms with Gasteiger partial charge < -0.3 is 5.32 Å². The van der Waals surface area contributed by atoms with Crippen LogP contribution in [0.4, 0.5) is 0 Å². The Morgan fingerprint density at radius 1 is 1.22 bits per heavy atom. The van der Waals surface area contributed by atoms with E-state index in [0.29, 0.717) is 12.1 Å². The number of carbonyl (C=O) groups is 1. The van der Waals surface area contributed by atoms with Gasteiger partial charge in [-0.3, -0.25) is 4.79 Å². The number of amides is 1. The lowest BCUT2D eigenvalue weighted by atomic mass is 10.2. The fraction of sp³-hybridized carbons (Fsp3) is 0.235. The van der Waals surface area contributed by atoms with Gasteiger partial charge in [-0.1, -0.05) is 18.2 Å². The lowest BCUT2D eigenvalue weighted by molar-refractivity contribution is 0.0950. The maximum Gasteiger partial charge on any atom is 0.255 e. The van der Waals surface area contributed by atoms with E-state index in [4.69, 9.17) is 0 Å². The first kappa shape index (κ1) is 15.4. The Hall–Kier alpha value is -2.47. The third-order valence-electron chi connectivity index (χ3n) is 3.61. The van der Waals surface area contributed by atoms with Gasteiger partial charge in [-0.15, -0.1) is 11.3 Å². The molecule has 0 saturated heterocycles. The Labute approximate surface area is 139 Å². The Morgan fingerprint density at radius 2 is 1.96 bits per heavy atom. The molecule has 0 radical (unpaired) electrons. The minimum Gasteiger partial charge on any atom is -0.347 e. The summed E-state index contributed by atoms with van der Waals surface area (Å²) in [6.45, 7) is 6.21. The molecule has 0 unspecified atom stereocenters. The van der Waals surface area contributed by atoms with Crippen LogP contribution in [0.3, 0.4) is 0 Å². The van der Waals surface area contributed by atoms with E-state index in [0.717, 1.165) is 27.0 Å². The molecule has 0 saturated carbocycles. The second kappa shape index (κ2) is 6.34. The topological polar surface area (TPSA) is 59.8 Å². The van der Waals surface area contributed by atoms with Gasteiger partial charge in [-0.05, 0) is 32.9 Å². The summed E-state index contributed by atoms with van der Waals surface area (Å²) in [5.74, 6) is -0.103. The molecule has 2 aromatic heterocycles. The second-order valence-electron chi connectivity index (χ2n) is 5.32. The monoisotopic (exact) mass is 326 g/mol. The highest BCUT2D eigenvalue weighted by atomic mass is 32.1. The average molecular weight is 326 g/mol. The van der Waals surface area contributed by atoms with Crippen LogP contribution >= 0.6 is 11.3 Å². The summed E-state index contributed by atoms with van der Waals surface area (Å²) in [6.07, 6.45) is 1.80. The molecule has 1 amide bonds. The zero-order chi connectivity index (χ0) is 16.4.